The van der Waals surface area contributed by atoms with Crippen molar-refractivity contribution in [2.24, 2.45) is 5.92 Å². The van der Waals surface area contributed by atoms with Crippen molar-refractivity contribution < 1.29 is 23.5 Å². The van der Waals surface area contributed by atoms with Crippen molar-refractivity contribution in [2.45, 2.75) is 19.8 Å². The van der Waals surface area contributed by atoms with E-state index in [1.54, 1.807) is 48.4 Å². The zero-order valence-electron chi connectivity index (χ0n) is 21.7. The second-order valence-corrected chi connectivity index (χ2v) is 9.41. The molecular formula is C30H32FN3O4. The first-order chi connectivity index (χ1) is 18.3. The summed E-state index contributed by atoms with van der Waals surface area (Å²) in [5.41, 5.74) is 2.27. The molecule has 1 fully saturated rings. The summed E-state index contributed by atoms with van der Waals surface area (Å²) in [5.74, 6) is -0.144. The van der Waals surface area contributed by atoms with E-state index in [-0.39, 0.29) is 29.3 Å². The fraction of sp³-hybridized carbons (Fsp3) is 0.300. The minimum atomic E-state index is -0.353. The summed E-state index contributed by atoms with van der Waals surface area (Å²) in [6, 6.07) is 20.0. The summed E-state index contributed by atoms with van der Waals surface area (Å²) in [4.78, 5) is 42.0. The molecule has 0 atom stereocenters. The number of methoxy groups -OCH3 is 1. The summed E-state index contributed by atoms with van der Waals surface area (Å²) in [6.07, 6.45) is 1.42. The minimum Gasteiger partial charge on any atom is -0.497 e. The minimum absolute atomic E-state index is 0.0527. The number of nitrogens with zero attached hydrogens (tertiary/aromatic N) is 2. The maximum atomic E-state index is 13.7. The average molecular weight is 518 g/mol. The Morgan fingerprint density at radius 2 is 1.68 bits per heavy atom. The molecule has 38 heavy (non-hydrogen) atoms. The molecule has 3 aromatic carbocycles. The molecule has 1 saturated heterocycles. The van der Waals surface area contributed by atoms with Gasteiger partial charge < -0.3 is 19.9 Å². The van der Waals surface area contributed by atoms with Gasteiger partial charge in [0.1, 0.15) is 11.6 Å². The van der Waals surface area contributed by atoms with Crippen LogP contribution in [0.2, 0.25) is 0 Å². The van der Waals surface area contributed by atoms with E-state index in [0.717, 1.165) is 13.1 Å². The van der Waals surface area contributed by atoms with Crippen LogP contribution < -0.4 is 15.0 Å². The van der Waals surface area contributed by atoms with Crippen molar-refractivity contribution in [1.29, 1.82) is 0 Å². The summed E-state index contributed by atoms with van der Waals surface area (Å²) in [5, 5.41) is 2.72. The van der Waals surface area contributed by atoms with Crippen LogP contribution in [-0.2, 0) is 4.79 Å². The van der Waals surface area contributed by atoms with E-state index >= 15 is 0 Å². The Morgan fingerprint density at radius 3 is 2.37 bits per heavy atom. The molecule has 1 aliphatic rings. The molecule has 4 rings (SSSR count). The molecule has 0 bridgehead atoms. The van der Waals surface area contributed by atoms with Crippen molar-refractivity contribution >= 4 is 29.0 Å². The molecule has 0 saturated carbocycles. The molecule has 1 aliphatic heterocycles. The van der Waals surface area contributed by atoms with Crippen LogP contribution in [-0.4, -0.2) is 55.8 Å². The number of carbonyl (C=O) groups is 3. The van der Waals surface area contributed by atoms with Gasteiger partial charge in [-0.2, -0.15) is 0 Å². The predicted octanol–water partition coefficient (Wildman–Crippen LogP) is 5.03. The number of benzene rings is 3. The highest BCUT2D eigenvalue weighted by Crippen LogP contribution is 2.25. The lowest BCUT2D eigenvalue weighted by molar-refractivity contribution is -0.114. The van der Waals surface area contributed by atoms with Crippen LogP contribution in [0.4, 0.5) is 15.8 Å². The number of nitrogens with one attached hydrogen (secondary N) is 1. The second kappa shape index (κ2) is 12.5. The zero-order valence-corrected chi connectivity index (χ0v) is 21.7. The van der Waals surface area contributed by atoms with Crippen LogP contribution in [0, 0.1) is 11.7 Å². The van der Waals surface area contributed by atoms with Gasteiger partial charge in [-0.05, 0) is 80.5 Å². The van der Waals surface area contributed by atoms with Gasteiger partial charge in [-0.25, -0.2) is 4.39 Å². The average Bonchev–Trinajstić information content (AvgIpc) is 2.93. The molecule has 0 spiro atoms. The number of hydrogen-bond donors (Lipinski definition) is 1. The number of piperidine rings is 1. The summed E-state index contributed by atoms with van der Waals surface area (Å²) >= 11 is 0. The number of likely N-dealkylation sites (tertiary alicyclic amines) is 1. The van der Waals surface area contributed by atoms with Gasteiger partial charge in [0.2, 0.25) is 5.91 Å². The molecule has 8 heteroatoms. The lowest BCUT2D eigenvalue weighted by atomic mass is 9.89. The number of Topliss-reactive ketones (excluding diaryl/α,β-unsaturated/α-hetero) is 1. The monoisotopic (exact) mass is 517 g/mol. The molecule has 0 radical (unpaired) electrons. The normalized spacial score (nSPS) is 14.1. The lowest BCUT2D eigenvalue weighted by Crippen LogP contribution is -2.43. The summed E-state index contributed by atoms with van der Waals surface area (Å²) in [6.45, 7) is 3.96. The highest BCUT2D eigenvalue weighted by molar-refractivity contribution is 6.07. The molecule has 7 nitrogen and oxygen atoms in total. The molecule has 198 valence electrons. The third-order valence-corrected chi connectivity index (χ3v) is 6.77. The van der Waals surface area contributed by atoms with Gasteiger partial charge in [0.05, 0.1) is 7.11 Å². The summed E-state index contributed by atoms with van der Waals surface area (Å²) < 4.78 is 18.6. The quantitative estimate of drug-likeness (QED) is 0.403. The fourth-order valence-corrected chi connectivity index (χ4v) is 4.73. The van der Waals surface area contributed by atoms with Crippen molar-refractivity contribution in [3.63, 3.8) is 0 Å². The standard InChI is InChI=1S/C30H32FN3O4/c1-21(35)32-26-6-3-5-24(19-26)30(37)34(27-7-4-8-28(20-27)38-2)18-17-33-15-13-23(14-16-33)29(36)22-9-11-25(31)12-10-22/h3-12,19-20,23H,13-18H2,1-2H3,(H,32,35). The van der Waals surface area contributed by atoms with E-state index < -0.39 is 0 Å². The second-order valence-electron chi connectivity index (χ2n) is 9.41. The number of carbonyl (C=O) groups excluding carboxylic acids is 3. The Kier molecular flexibility index (Phi) is 8.86. The van der Waals surface area contributed by atoms with Gasteiger partial charge in [-0.3, -0.25) is 14.4 Å². The van der Waals surface area contributed by atoms with Gasteiger partial charge in [-0.1, -0.05) is 12.1 Å². The Morgan fingerprint density at radius 1 is 0.974 bits per heavy atom. The van der Waals surface area contributed by atoms with Crippen LogP contribution >= 0.6 is 0 Å². The number of halogens is 1. The van der Waals surface area contributed by atoms with Crippen LogP contribution in [0.25, 0.3) is 0 Å². The maximum Gasteiger partial charge on any atom is 0.258 e. The third-order valence-electron chi connectivity index (χ3n) is 6.77. The van der Waals surface area contributed by atoms with Gasteiger partial charge in [0.15, 0.2) is 5.78 Å². The molecule has 0 aromatic heterocycles. The van der Waals surface area contributed by atoms with E-state index in [1.165, 1.54) is 19.1 Å². The molecule has 1 heterocycles. The fourth-order valence-electron chi connectivity index (χ4n) is 4.73. The third kappa shape index (κ3) is 6.83. The van der Waals surface area contributed by atoms with Crippen molar-refractivity contribution in [2.75, 3.05) is 43.5 Å². The number of ketones is 1. The number of ether oxygens (including phenoxy) is 1. The Labute approximate surface area is 222 Å². The Balaban J connectivity index is 1.44. The zero-order chi connectivity index (χ0) is 27.1. The highest BCUT2D eigenvalue weighted by atomic mass is 19.1. The van der Waals surface area contributed by atoms with Crippen LogP contribution in [0.5, 0.6) is 5.75 Å². The van der Waals surface area contributed by atoms with Gasteiger partial charge in [0, 0.05) is 54.5 Å². The predicted molar refractivity (Wildman–Crippen MR) is 145 cm³/mol. The first-order valence-electron chi connectivity index (χ1n) is 12.7. The van der Waals surface area contributed by atoms with Crippen molar-refractivity contribution in [3.8, 4) is 5.75 Å². The maximum absolute atomic E-state index is 13.7. The molecule has 3 aromatic rings. The SMILES string of the molecule is COc1cccc(N(CCN2CCC(C(=O)c3ccc(F)cc3)CC2)C(=O)c2cccc(NC(C)=O)c2)c1. The number of amides is 2. The van der Waals surface area contributed by atoms with E-state index in [0.29, 0.717) is 54.2 Å². The van der Waals surface area contributed by atoms with E-state index in [9.17, 15) is 18.8 Å². The van der Waals surface area contributed by atoms with Crippen molar-refractivity contribution in [3.05, 3.63) is 89.7 Å². The van der Waals surface area contributed by atoms with Gasteiger partial charge in [0.25, 0.3) is 5.91 Å². The van der Waals surface area contributed by atoms with E-state index in [2.05, 4.69) is 10.2 Å². The molecular weight excluding hydrogens is 485 g/mol. The van der Waals surface area contributed by atoms with Crippen LogP contribution in [0.15, 0.2) is 72.8 Å². The van der Waals surface area contributed by atoms with Crippen molar-refractivity contribution in [1.82, 2.24) is 4.90 Å². The highest BCUT2D eigenvalue weighted by Gasteiger charge is 2.27. The number of hydrogen-bond acceptors (Lipinski definition) is 5. The lowest BCUT2D eigenvalue weighted by Gasteiger charge is -2.33. The van der Waals surface area contributed by atoms with Crippen LogP contribution in [0.1, 0.15) is 40.5 Å². The van der Waals surface area contributed by atoms with Gasteiger partial charge in [-0.15, -0.1) is 0 Å². The van der Waals surface area contributed by atoms with Crippen LogP contribution in [0.3, 0.4) is 0 Å². The van der Waals surface area contributed by atoms with E-state index in [4.69, 9.17) is 4.74 Å². The molecule has 0 unspecified atom stereocenters. The Bertz CT molecular complexity index is 1290. The number of anilines is 2. The van der Waals surface area contributed by atoms with Gasteiger partial charge >= 0.3 is 0 Å². The first kappa shape index (κ1) is 27.0. The summed E-state index contributed by atoms with van der Waals surface area (Å²) in [7, 11) is 1.58. The molecule has 0 aliphatic carbocycles. The topological polar surface area (TPSA) is 79.0 Å². The Hall–Kier alpha value is -4.04. The number of rotatable bonds is 9. The first-order valence-corrected chi connectivity index (χ1v) is 12.7. The molecule has 2 amide bonds. The van der Waals surface area contributed by atoms with E-state index in [1.807, 2.05) is 24.3 Å². The largest absolute Gasteiger partial charge is 0.497 e. The molecule has 1 N–H and O–H groups in total. The smallest absolute Gasteiger partial charge is 0.258 e.